The molecular weight excluding hydrogens is 805 g/mol. The van der Waals surface area contributed by atoms with E-state index in [1.54, 1.807) is 0 Å². The van der Waals surface area contributed by atoms with E-state index in [2.05, 4.69) is 54.3 Å². The normalized spacial score (nSPS) is 10.9. The molecule has 0 saturated heterocycles. The summed E-state index contributed by atoms with van der Waals surface area (Å²) in [6.07, 6.45) is 11.6. The number of unbranched alkanes of at least 4 members (excludes halogenated alkanes) is 3. The fraction of sp³-hybridized carbons (Fsp3) is 0.844. The number of carbonyl (C=O) groups excluding carboxylic acids is 2. The molecule has 0 saturated carbocycles. The maximum absolute atomic E-state index is 11.2. The van der Waals surface area contributed by atoms with Crippen molar-refractivity contribution in [2.75, 3.05) is 51.8 Å². The Kier molecular flexibility index (Phi) is 80.7. The molecule has 0 aliphatic carbocycles. The molecule has 0 spiro atoms. The van der Waals surface area contributed by atoms with Crippen LogP contribution in [-0.2, 0) is 41.1 Å². The van der Waals surface area contributed by atoms with Crippen LogP contribution in [0, 0.1) is 11.8 Å². The maximum atomic E-state index is 11.2. The fourth-order valence-corrected chi connectivity index (χ4v) is 4.99. The molecule has 1 amide bonds. The van der Waals surface area contributed by atoms with Gasteiger partial charge in [-0.2, -0.15) is 16.8 Å². The molecule has 0 fully saturated rings. The quantitative estimate of drug-likeness (QED) is 0.0322. The van der Waals surface area contributed by atoms with Gasteiger partial charge in [-0.25, -0.2) is 4.57 Å². The predicted octanol–water partition coefficient (Wildman–Crippen LogP) is 10.6. The summed E-state index contributed by atoms with van der Waals surface area (Å²) in [6, 6.07) is 5.97. The Hall–Kier alpha value is -2.17. The Bertz CT molecular complexity index is 1220. The third-order valence-electron chi connectivity index (χ3n) is 7.93. The molecule has 60 heavy (non-hydrogen) atoms. The van der Waals surface area contributed by atoms with E-state index in [9.17, 15) is 26.4 Å². The number of esters is 1. The highest BCUT2D eigenvalue weighted by Crippen LogP contribution is 2.14. The molecule has 372 valence electrons. The largest absolute Gasteiger partial charge is 0.464 e. The molecular formula is C45H107N4O9S2+. The highest BCUT2D eigenvalue weighted by molar-refractivity contribution is 7.86. The van der Waals surface area contributed by atoms with Crippen LogP contribution in [0.1, 0.15) is 190 Å². The van der Waals surface area contributed by atoms with Crippen molar-refractivity contribution >= 4 is 32.1 Å². The minimum Gasteiger partial charge on any atom is -0.464 e. The zero-order chi connectivity index (χ0) is 41.7. The lowest BCUT2D eigenvalue weighted by Crippen LogP contribution is -2.39. The first-order valence-corrected chi connectivity index (χ1v) is 22.7. The fourth-order valence-electron chi connectivity index (χ4n) is 3.85. The lowest BCUT2D eigenvalue weighted by Gasteiger charge is -2.09. The SMILES string of the molecule is C.C.C.C.C.C.C.CCC(C)C(=O)NCCCNC.CCC(C)C(=O)OCCNC.CCC(C)c1cccc[n+]1CCCS(=O)(=O)O.CCCCC.CCCCS(=O)(=O)O. The Morgan fingerprint density at radius 1 is 0.650 bits per heavy atom. The van der Waals surface area contributed by atoms with Crippen LogP contribution in [0.3, 0.4) is 0 Å². The number of nitrogens with one attached hydrogen (secondary N) is 3. The summed E-state index contributed by atoms with van der Waals surface area (Å²) >= 11 is 0. The number of rotatable bonds is 22. The third kappa shape index (κ3) is 62.5. The van der Waals surface area contributed by atoms with Gasteiger partial charge in [0.1, 0.15) is 13.2 Å². The molecule has 0 aromatic carbocycles. The van der Waals surface area contributed by atoms with Gasteiger partial charge < -0.3 is 20.7 Å². The maximum Gasteiger partial charge on any atom is 0.308 e. The lowest BCUT2D eigenvalue weighted by molar-refractivity contribution is -0.705. The molecule has 1 heterocycles. The van der Waals surface area contributed by atoms with E-state index >= 15 is 0 Å². The van der Waals surface area contributed by atoms with Gasteiger partial charge in [-0.1, -0.05) is 146 Å². The summed E-state index contributed by atoms with van der Waals surface area (Å²) in [5, 5.41) is 8.83. The minimum absolute atomic E-state index is 0. The van der Waals surface area contributed by atoms with Crippen LogP contribution in [0.5, 0.6) is 0 Å². The van der Waals surface area contributed by atoms with Crippen molar-refractivity contribution in [1.29, 1.82) is 0 Å². The van der Waals surface area contributed by atoms with Gasteiger partial charge in [0.25, 0.3) is 20.2 Å². The number of hydrogen-bond donors (Lipinski definition) is 5. The average Bonchev–Trinajstić information content (AvgIpc) is 3.12. The van der Waals surface area contributed by atoms with E-state index in [1.165, 1.54) is 25.0 Å². The van der Waals surface area contributed by atoms with Crippen molar-refractivity contribution in [1.82, 2.24) is 16.0 Å². The van der Waals surface area contributed by atoms with Gasteiger partial charge in [-0.15, -0.1) is 0 Å². The summed E-state index contributed by atoms with van der Waals surface area (Å²) < 4.78 is 65.0. The molecule has 1 aromatic rings. The van der Waals surface area contributed by atoms with Gasteiger partial charge in [0.2, 0.25) is 5.91 Å². The van der Waals surface area contributed by atoms with Gasteiger partial charge in [0.05, 0.1) is 17.4 Å². The Morgan fingerprint density at radius 3 is 1.48 bits per heavy atom. The topological polar surface area (TPSA) is 192 Å². The molecule has 0 aliphatic rings. The number of aromatic nitrogens is 1. The molecule has 0 aliphatic heterocycles. The van der Waals surface area contributed by atoms with E-state index < -0.39 is 20.2 Å². The molecule has 1 rings (SSSR count). The first-order valence-electron chi connectivity index (χ1n) is 19.5. The zero-order valence-corrected chi connectivity index (χ0v) is 36.7. The summed E-state index contributed by atoms with van der Waals surface area (Å²) in [5.74, 6) is 0.419. The van der Waals surface area contributed by atoms with Crippen LogP contribution in [0.25, 0.3) is 0 Å². The number of hydrogen-bond acceptors (Lipinski definition) is 9. The van der Waals surface area contributed by atoms with Crippen molar-refractivity contribution in [2.24, 2.45) is 11.8 Å². The van der Waals surface area contributed by atoms with E-state index in [0.29, 0.717) is 31.9 Å². The average molecular weight is 913 g/mol. The van der Waals surface area contributed by atoms with Crippen LogP contribution >= 0.6 is 0 Å². The highest BCUT2D eigenvalue weighted by atomic mass is 32.2. The second kappa shape index (κ2) is 56.8. The number of aryl methyl sites for hydroxylation is 1. The summed E-state index contributed by atoms with van der Waals surface area (Å²) in [5.41, 5.74) is 1.20. The van der Waals surface area contributed by atoms with Crippen molar-refractivity contribution in [3.05, 3.63) is 30.1 Å². The van der Waals surface area contributed by atoms with Gasteiger partial charge >= 0.3 is 5.97 Å². The molecule has 1 aromatic heterocycles. The molecule has 3 unspecified atom stereocenters. The van der Waals surface area contributed by atoms with Gasteiger partial charge in [-0.05, 0) is 52.7 Å². The van der Waals surface area contributed by atoms with Crippen molar-refractivity contribution < 1.29 is 44.8 Å². The van der Waals surface area contributed by atoms with Crippen LogP contribution in [-0.4, -0.2) is 89.7 Å². The zero-order valence-electron chi connectivity index (χ0n) is 35.1. The number of carbonyl (C=O) groups is 2. The van der Waals surface area contributed by atoms with E-state index in [4.69, 9.17) is 13.8 Å². The standard InChI is InChI=1S/C12H19NO3S.C9H20N2O.C8H17NO2.C5H12.C4H10O3S.7CH4/c1-3-11(2)12-7-4-5-8-13(12)9-6-10-17(14,15)16;1-4-8(2)9(12)11-7-5-6-10-3;1-4-7(2)8(10)11-6-5-9-3;1-3-5-4-2;1-2-3-4-8(5,6)7;;;;;;;/h4-5,7-8,11H,3,6,9-10H2,1-2H3;8,10H,4-7H2,1-3H3,(H,11,12);7,9H,4-6H2,1-3H3;3-5H2,1-2H3;2-4H2,1H3,(H,5,6,7);7*1H4/p+1. The molecule has 13 nitrogen and oxygen atoms in total. The predicted molar refractivity (Wildman–Crippen MR) is 265 cm³/mol. The van der Waals surface area contributed by atoms with Crippen molar-refractivity contribution in [2.45, 2.75) is 191 Å². The lowest BCUT2D eigenvalue weighted by atomic mass is 10.0. The number of pyridine rings is 1. The third-order valence-corrected chi connectivity index (χ3v) is 9.54. The Morgan fingerprint density at radius 2 is 1.12 bits per heavy atom. The van der Waals surface area contributed by atoms with Crippen molar-refractivity contribution in [3.8, 4) is 0 Å². The molecule has 0 radical (unpaired) electrons. The Balaban J connectivity index is -0.0000000564. The number of likely N-dealkylation sites (N-methyl/N-ethyl adjacent to an activating group) is 1. The molecule has 0 bridgehead atoms. The Labute approximate surface area is 376 Å². The van der Waals surface area contributed by atoms with Crippen LogP contribution in [0.15, 0.2) is 24.4 Å². The highest BCUT2D eigenvalue weighted by Gasteiger charge is 2.16. The van der Waals surface area contributed by atoms with Gasteiger partial charge in [0, 0.05) is 43.5 Å². The number of amides is 1. The second-order valence-electron chi connectivity index (χ2n) is 12.9. The smallest absolute Gasteiger partial charge is 0.308 e. The number of nitrogens with zero attached hydrogens (tertiary/aromatic N) is 1. The first kappa shape index (κ1) is 85.2. The van der Waals surface area contributed by atoms with Crippen LogP contribution in [0.2, 0.25) is 0 Å². The minimum atomic E-state index is -3.85. The second-order valence-corrected chi connectivity index (χ2v) is 16.0. The monoisotopic (exact) mass is 912 g/mol. The van der Waals surface area contributed by atoms with Crippen LogP contribution < -0.4 is 20.5 Å². The van der Waals surface area contributed by atoms with E-state index in [0.717, 1.165) is 51.7 Å². The summed E-state index contributed by atoms with van der Waals surface area (Å²) in [7, 11) is -3.79. The van der Waals surface area contributed by atoms with Gasteiger partial charge in [0.15, 0.2) is 11.9 Å². The summed E-state index contributed by atoms with van der Waals surface area (Å²) in [6.45, 7) is 21.9. The van der Waals surface area contributed by atoms with Gasteiger partial charge in [-0.3, -0.25) is 18.7 Å². The van der Waals surface area contributed by atoms with E-state index in [1.807, 2.05) is 67.0 Å². The molecule has 15 heteroatoms. The molecule has 3 atom stereocenters. The number of ether oxygens (including phenoxy) is 1. The molecule has 5 N–H and O–H groups in total. The van der Waals surface area contributed by atoms with Crippen molar-refractivity contribution in [3.63, 3.8) is 0 Å². The van der Waals surface area contributed by atoms with Crippen LogP contribution in [0.4, 0.5) is 0 Å². The summed E-state index contributed by atoms with van der Waals surface area (Å²) in [4.78, 5) is 22.2. The van der Waals surface area contributed by atoms with E-state index in [-0.39, 0.29) is 87.2 Å². The first-order chi connectivity index (χ1) is 24.9.